The normalized spacial score (nSPS) is 15.0. The van der Waals surface area contributed by atoms with Gasteiger partial charge in [-0.1, -0.05) is 12.1 Å². The Morgan fingerprint density at radius 1 is 1.05 bits per heavy atom. The number of anilines is 2. The number of hydrogen-bond acceptors (Lipinski definition) is 7. The molecule has 12 heteroatoms. The number of nitrogens with one attached hydrogen (secondary N) is 3. The van der Waals surface area contributed by atoms with E-state index in [2.05, 4.69) is 20.9 Å². The summed E-state index contributed by atoms with van der Waals surface area (Å²) in [5.74, 6) is -2.12. The number of ether oxygens (including phenoxy) is 2. The SMILES string of the molecule is CC(C)(C)OC(=O)C(Oc1cc(NC(=O)c2cccnc2NCc2ccc(F)cc2)cc(C(F)(F)F)c1)C1CCNCC1. The molecule has 230 valence electrons. The van der Waals surface area contributed by atoms with E-state index < -0.39 is 35.3 Å². The van der Waals surface area contributed by atoms with Gasteiger partial charge in [0, 0.05) is 30.4 Å². The monoisotopic (exact) mass is 602 g/mol. The lowest BCUT2D eigenvalue weighted by molar-refractivity contribution is -0.166. The van der Waals surface area contributed by atoms with Gasteiger partial charge >= 0.3 is 12.1 Å². The Hall–Kier alpha value is -4.19. The molecule has 4 rings (SSSR count). The first kappa shape index (κ1) is 31.7. The number of amides is 1. The molecule has 3 aromatic rings. The molecule has 0 bridgehead atoms. The van der Waals surface area contributed by atoms with Gasteiger partial charge in [-0.3, -0.25) is 4.79 Å². The molecule has 1 aromatic heterocycles. The van der Waals surface area contributed by atoms with E-state index in [1.54, 1.807) is 32.9 Å². The van der Waals surface area contributed by atoms with Gasteiger partial charge < -0.3 is 25.4 Å². The molecule has 1 aliphatic rings. The molecule has 43 heavy (non-hydrogen) atoms. The highest BCUT2D eigenvalue weighted by Gasteiger charge is 2.37. The van der Waals surface area contributed by atoms with Gasteiger partial charge in [0.15, 0.2) is 6.10 Å². The minimum absolute atomic E-state index is 0.0748. The van der Waals surface area contributed by atoms with Crippen molar-refractivity contribution in [2.45, 2.75) is 58.0 Å². The van der Waals surface area contributed by atoms with Crippen molar-refractivity contribution in [3.63, 3.8) is 0 Å². The quantitative estimate of drug-likeness (QED) is 0.198. The van der Waals surface area contributed by atoms with Gasteiger partial charge in [-0.25, -0.2) is 14.2 Å². The van der Waals surface area contributed by atoms with E-state index in [1.165, 1.54) is 36.5 Å². The highest BCUT2D eigenvalue weighted by Crippen LogP contribution is 2.36. The summed E-state index contributed by atoms with van der Waals surface area (Å²) in [5, 5.41) is 8.69. The van der Waals surface area contributed by atoms with Crippen molar-refractivity contribution < 1.29 is 36.6 Å². The number of nitrogens with zero attached hydrogens (tertiary/aromatic N) is 1. The Labute approximate surface area is 247 Å². The number of benzene rings is 2. The Balaban J connectivity index is 1.59. The van der Waals surface area contributed by atoms with E-state index in [0.29, 0.717) is 25.9 Å². The average molecular weight is 603 g/mol. The van der Waals surface area contributed by atoms with Crippen LogP contribution in [-0.4, -0.2) is 41.7 Å². The topological polar surface area (TPSA) is 102 Å². The minimum atomic E-state index is -4.76. The van der Waals surface area contributed by atoms with Gasteiger partial charge in [-0.05, 0) is 88.7 Å². The van der Waals surface area contributed by atoms with E-state index >= 15 is 0 Å². The largest absolute Gasteiger partial charge is 0.478 e. The Bertz CT molecular complexity index is 1420. The number of rotatable bonds is 9. The van der Waals surface area contributed by atoms with Gasteiger partial charge in [-0.15, -0.1) is 0 Å². The van der Waals surface area contributed by atoms with Gasteiger partial charge in [0.05, 0.1) is 11.1 Å². The molecular weight excluding hydrogens is 568 g/mol. The molecule has 0 spiro atoms. The smallest absolute Gasteiger partial charge is 0.416 e. The fourth-order valence-corrected chi connectivity index (χ4v) is 4.61. The van der Waals surface area contributed by atoms with Gasteiger partial charge in [0.1, 0.15) is 23.0 Å². The number of aromatic nitrogens is 1. The van der Waals surface area contributed by atoms with E-state index in [4.69, 9.17) is 9.47 Å². The van der Waals surface area contributed by atoms with Crippen LogP contribution in [0.4, 0.5) is 29.1 Å². The first-order chi connectivity index (χ1) is 20.3. The van der Waals surface area contributed by atoms with Crippen LogP contribution in [0.2, 0.25) is 0 Å². The fraction of sp³-hybridized carbons (Fsp3) is 0.387. The fourth-order valence-electron chi connectivity index (χ4n) is 4.61. The molecule has 0 saturated carbocycles. The Morgan fingerprint density at radius 2 is 1.74 bits per heavy atom. The molecule has 1 fully saturated rings. The summed E-state index contributed by atoms with van der Waals surface area (Å²) in [6.07, 6.45) is -3.31. The lowest BCUT2D eigenvalue weighted by atomic mass is 9.92. The van der Waals surface area contributed by atoms with E-state index in [1.807, 2.05) is 0 Å². The summed E-state index contributed by atoms with van der Waals surface area (Å²) in [6.45, 7) is 6.57. The van der Waals surface area contributed by atoms with Crippen LogP contribution in [0.15, 0.2) is 60.8 Å². The lowest BCUT2D eigenvalue weighted by Crippen LogP contribution is -2.44. The van der Waals surface area contributed by atoms with Gasteiger partial charge in [0.2, 0.25) is 0 Å². The van der Waals surface area contributed by atoms with Gasteiger partial charge in [0.25, 0.3) is 5.91 Å². The summed E-state index contributed by atoms with van der Waals surface area (Å²) in [5.41, 5.74) is -1.27. The first-order valence-electron chi connectivity index (χ1n) is 13.9. The van der Waals surface area contributed by atoms with Crippen molar-refractivity contribution in [1.29, 1.82) is 0 Å². The Morgan fingerprint density at radius 3 is 2.40 bits per heavy atom. The molecule has 0 aliphatic carbocycles. The minimum Gasteiger partial charge on any atom is -0.478 e. The van der Waals surface area contributed by atoms with Gasteiger partial charge in [-0.2, -0.15) is 13.2 Å². The number of carbonyl (C=O) groups excluding carboxylic acids is 2. The number of halogens is 4. The second-order valence-electron chi connectivity index (χ2n) is 11.2. The van der Waals surface area contributed by atoms with Crippen molar-refractivity contribution >= 4 is 23.4 Å². The maximum absolute atomic E-state index is 13.9. The third-order valence-electron chi connectivity index (χ3n) is 6.63. The molecule has 2 heterocycles. The number of piperidine rings is 1. The summed E-state index contributed by atoms with van der Waals surface area (Å²) < 4.78 is 66.5. The highest BCUT2D eigenvalue weighted by atomic mass is 19.4. The second-order valence-corrected chi connectivity index (χ2v) is 11.2. The van der Waals surface area contributed by atoms with Crippen molar-refractivity contribution in [3.05, 3.63) is 83.3 Å². The molecular formula is C31H34F4N4O4. The van der Waals surface area contributed by atoms with E-state index in [0.717, 1.165) is 17.7 Å². The van der Waals surface area contributed by atoms with Crippen LogP contribution < -0.4 is 20.7 Å². The summed E-state index contributed by atoms with van der Waals surface area (Å²) in [7, 11) is 0. The van der Waals surface area contributed by atoms with Crippen LogP contribution in [0.5, 0.6) is 5.75 Å². The Kier molecular flexibility index (Phi) is 9.90. The molecule has 1 unspecified atom stereocenters. The van der Waals surface area contributed by atoms with Crippen molar-refractivity contribution in [2.75, 3.05) is 23.7 Å². The van der Waals surface area contributed by atoms with E-state index in [-0.39, 0.29) is 41.1 Å². The second kappa shape index (κ2) is 13.4. The van der Waals surface area contributed by atoms with Crippen LogP contribution >= 0.6 is 0 Å². The third kappa shape index (κ3) is 9.15. The molecule has 1 atom stereocenters. The molecule has 2 aromatic carbocycles. The maximum Gasteiger partial charge on any atom is 0.416 e. The van der Waals surface area contributed by atoms with Crippen LogP contribution in [0, 0.1) is 11.7 Å². The maximum atomic E-state index is 13.9. The number of hydrogen-bond donors (Lipinski definition) is 3. The van der Waals surface area contributed by atoms with E-state index in [9.17, 15) is 27.2 Å². The number of esters is 1. The molecule has 3 N–H and O–H groups in total. The predicted octanol–water partition coefficient (Wildman–Crippen LogP) is 6.19. The molecule has 0 radical (unpaired) electrons. The zero-order chi connectivity index (χ0) is 31.2. The zero-order valence-electron chi connectivity index (χ0n) is 24.1. The zero-order valence-corrected chi connectivity index (χ0v) is 24.1. The lowest BCUT2D eigenvalue weighted by Gasteiger charge is -2.32. The first-order valence-corrected chi connectivity index (χ1v) is 13.9. The molecule has 1 aliphatic heterocycles. The van der Waals surface area contributed by atoms with Crippen molar-refractivity contribution in [3.8, 4) is 5.75 Å². The third-order valence-corrected chi connectivity index (χ3v) is 6.63. The van der Waals surface area contributed by atoms with Crippen molar-refractivity contribution in [2.24, 2.45) is 5.92 Å². The molecule has 1 saturated heterocycles. The van der Waals surface area contributed by atoms with Crippen LogP contribution in [0.25, 0.3) is 0 Å². The van der Waals surface area contributed by atoms with Crippen LogP contribution in [0.3, 0.4) is 0 Å². The van der Waals surface area contributed by atoms with Crippen LogP contribution in [0.1, 0.15) is 55.1 Å². The summed E-state index contributed by atoms with van der Waals surface area (Å²) in [4.78, 5) is 30.6. The average Bonchev–Trinajstić information content (AvgIpc) is 2.94. The predicted molar refractivity (Wildman–Crippen MR) is 153 cm³/mol. The summed E-state index contributed by atoms with van der Waals surface area (Å²) >= 11 is 0. The number of alkyl halides is 3. The number of pyridine rings is 1. The highest BCUT2D eigenvalue weighted by molar-refractivity contribution is 6.07. The standard InChI is InChI=1S/C31H34F4N4O4/c1-30(2,3)43-29(41)26(20-10-13-36-14-11-20)42-24-16-21(31(33,34)35)15-23(17-24)39-28(40)25-5-4-12-37-27(25)38-18-19-6-8-22(32)9-7-19/h4-9,12,15-17,20,26,36H,10-11,13-14,18H2,1-3H3,(H,37,38)(H,39,40). The van der Waals surface area contributed by atoms with Crippen molar-refractivity contribution in [1.82, 2.24) is 10.3 Å². The van der Waals surface area contributed by atoms with Crippen LogP contribution in [-0.2, 0) is 22.3 Å². The summed E-state index contributed by atoms with van der Waals surface area (Å²) in [6, 6.07) is 11.6. The molecule has 1 amide bonds. The molecule has 8 nitrogen and oxygen atoms in total. The number of carbonyl (C=O) groups is 2.